The lowest BCUT2D eigenvalue weighted by Crippen LogP contribution is -2.08. The molecule has 0 aromatic carbocycles. The van der Waals surface area contributed by atoms with Crippen molar-refractivity contribution < 1.29 is 9.53 Å². The predicted molar refractivity (Wildman–Crippen MR) is 80.5 cm³/mol. The molecule has 0 aliphatic carbocycles. The number of carbonyl (C=O) groups is 1. The number of hydrogen-bond donors (Lipinski definition) is 1. The molecule has 112 valence electrons. The summed E-state index contributed by atoms with van der Waals surface area (Å²) < 4.78 is 6.68. The van der Waals surface area contributed by atoms with Crippen molar-refractivity contribution in [3.05, 3.63) is 35.3 Å². The summed E-state index contributed by atoms with van der Waals surface area (Å²) in [5, 5.41) is 4.49. The Kier molecular flexibility index (Phi) is 4.57. The lowest BCUT2D eigenvalue weighted by atomic mass is 10.2. The van der Waals surface area contributed by atoms with Crippen LogP contribution in [0.15, 0.2) is 18.3 Å². The second kappa shape index (κ2) is 6.39. The first-order valence-corrected chi connectivity index (χ1v) is 7.12. The zero-order valence-electron chi connectivity index (χ0n) is 12.6. The number of nitrogens with two attached hydrogens (primary N) is 1. The third-order valence-corrected chi connectivity index (χ3v) is 3.24. The SMILES string of the molecule is CCOC(=O)c1ccc(-n2nc(CC)c(N)c2CC)nc1. The van der Waals surface area contributed by atoms with E-state index < -0.39 is 0 Å². The lowest BCUT2D eigenvalue weighted by Gasteiger charge is -2.06. The standard InChI is InChI=1S/C15H20N4O2/c1-4-11-14(16)12(5-2)19(18-11)13-8-7-10(9-17-13)15(20)21-6-3/h7-9H,4-6,16H2,1-3H3. The van der Waals surface area contributed by atoms with Crippen LogP contribution in [0.2, 0.25) is 0 Å². The first-order valence-electron chi connectivity index (χ1n) is 7.12. The fourth-order valence-electron chi connectivity index (χ4n) is 2.15. The van der Waals surface area contributed by atoms with Crippen molar-refractivity contribution >= 4 is 11.7 Å². The lowest BCUT2D eigenvalue weighted by molar-refractivity contribution is 0.0526. The van der Waals surface area contributed by atoms with Crippen LogP contribution in [-0.4, -0.2) is 27.3 Å². The minimum absolute atomic E-state index is 0.343. The van der Waals surface area contributed by atoms with Crippen LogP contribution in [0, 0.1) is 0 Å². The summed E-state index contributed by atoms with van der Waals surface area (Å²) >= 11 is 0. The molecule has 6 heteroatoms. The number of carbonyl (C=O) groups excluding carboxylic acids is 1. The molecule has 21 heavy (non-hydrogen) atoms. The summed E-state index contributed by atoms with van der Waals surface area (Å²) in [5.74, 6) is 0.271. The molecule has 2 aromatic heterocycles. The molecule has 0 radical (unpaired) electrons. The normalized spacial score (nSPS) is 10.6. The number of aromatic nitrogens is 3. The first-order chi connectivity index (χ1) is 10.1. The minimum atomic E-state index is -0.374. The zero-order valence-corrected chi connectivity index (χ0v) is 12.6. The molecule has 2 heterocycles. The van der Waals surface area contributed by atoms with Crippen LogP contribution in [0.3, 0.4) is 0 Å². The molecule has 0 bridgehead atoms. The number of aryl methyl sites for hydroxylation is 1. The molecule has 2 aromatic rings. The Labute approximate surface area is 123 Å². The third kappa shape index (κ3) is 2.89. The average Bonchev–Trinajstić information content (AvgIpc) is 2.83. The van der Waals surface area contributed by atoms with Crippen molar-refractivity contribution in [2.75, 3.05) is 12.3 Å². The second-order valence-electron chi connectivity index (χ2n) is 4.55. The minimum Gasteiger partial charge on any atom is -0.462 e. The van der Waals surface area contributed by atoms with Crippen LogP contribution in [0.4, 0.5) is 5.69 Å². The number of pyridine rings is 1. The van der Waals surface area contributed by atoms with Crippen LogP contribution in [0.1, 0.15) is 42.5 Å². The largest absolute Gasteiger partial charge is 0.462 e. The molecule has 0 saturated carbocycles. The van der Waals surface area contributed by atoms with Crippen molar-refractivity contribution in [1.82, 2.24) is 14.8 Å². The molecule has 0 spiro atoms. The van der Waals surface area contributed by atoms with Crippen LogP contribution < -0.4 is 5.73 Å². The van der Waals surface area contributed by atoms with Gasteiger partial charge in [-0.1, -0.05) is 13.8 Å². The summed E-state index contributed by atoms with van der Waals surface area (Å²) in [5.41, 5.74) is 9.04. The van der Waals surface area contributed by atoms with Crippen molar-refractivity contribution in [2.24, 2.45) is 0 Å². The van der Waals surface area contributed by atoms with E-state index >= 15 is 0 Å². The van der Waals surface area contributed by atoms with Gasteiger partial charge in [0, 0.05) is 6.20 Å². The van der Waals surface area contributed by atoms with Gasteiger partial charge in [0.05, 0.1) is 29.2 Å². The van der Waals surface area contributed by atoms with Gasteiger partial charge < -0.3 is 10.5 Å². The van der Waals surface area contributed by atoms with Gasteiger partial charge in [0.1, 0.15) is 0 Å². The Morgan fingerprint density at radius 2 is 2.05 bits per heavy atom. The number of ether oxygens (including phenoxy) is 1. The number of rotatable bonds is 5. The molecule has 2 N–H and O–H groups in total. The van der Waals surface area contributed by atoms with Crippen molar-refractivity contribution in [1.29, 1.82) is 0 Å². The maximum Gasteiger partial charge on any atom is 0.339 e. The Balaban J connectivity index is 2.37. The summed E-state index contributed by atoms with van der Waals surface area (Å²) in [6, 6.07) is 3.43. The highest BCUT2D eigenvalue weighted by atomic mass is 16.5. The highest BCUT2D eigenvalue weighted by molar-refractivity contribution is 5.89. The maximum atomic E-state index is 11.6. The van der Waals surface area contributed by atoms with E-state index in [0.717, 1.165) is 29.9 Å². The van der Waals surface area contributed by atoms with Gasteiger partial charge in [-0.05, 0) is 31.9 Å². The first kappa shape index (κ1) is 15.0. The molecule has 0 atom stereocenters. The van der Waals surface area contributed by atoms with Crippen molar-refractivity contribution in [3.63, 3.8) is 0 Å². The Bertz CT molecular complexity index is 632. The van der Waals surface area contributed by atoms with Gasteiger partial charge in [-0.3, -0.25) is 0 Å². The topological polar surface area (TPSA) is 83.0 Å². The van der Waals surface area contributed by atoms with Crippen LogP contribution in [0.25, 0.3) is 5.82 Å². The predicted octanol–water partition coefficient (Wildman–Crippen LogP) is 2.15. The van der Waals surface area contributed by atoms with E-state index in [1.807, 2.05) is 13.8 Å². The smallest absolute Gasteiger partial charge is 0.339 e. The van der Waals surface area contributed by atoms with Gasteiger partial charge in [-0.15, -0.1) is 0 Å². The summed E-state index contributed by atoms with van der Waals surface area (Å²) in [6.07, 6.45) is 3.03. The number of nitrogen functional groups attached to an aromatic ring is 1. The molecular formula is C15H20N4O2. The zero-order chi connectivity index (χ0) is 15.4. The van der Waals surface area contributed by atoms with Gasteiger partial charge in [-0.25, -0.2) is 14.5 Å². The van der Waals surface area contributed by atoms with Crippen molar-refractivity contribution in [2.45, 2.75) is 33.6 Å². The van der Waals surface area contributed by atoms with E-state index in [1.54, 1.807) is 23.7 Å². The van der Waals surface area contributed by atoms with E-state index in [9.17, 15) is 4.79 Å². The molecule has 2 rings (SSSR count). The molecule has 0 amide bonds. The Morgan fingerprint density at radius 3 is 2.57 bits per heavy atom. The number of anilines is 1. The molecule has 0 fully saturated rings. The number of esters is 1. The quantitative estimate of drug-likeness (QED) is 0.852. The Morgan fingerprint density at radius 1 is 1.29 bits per heavy atom. The van der Waals surface area contributed by atoms with Crippen molar-refractivity contribution in [3.8, 4) is 5.82 Å². The second-order valence-corrected chi connectivity index (χ2v) is 4.55. The fourth-order valence-corrected chi connectivity index (χ4v) is 2.15. The van der Waals surface area contributed by atoms with E-state index in [2.05, 4.69) is 10.1 Å². The fraction of sp³-hybridized carbons (Fsp3) is 0.400. The molecule has 0 saturated heterocycles. The van der Waals surface area contributed by atoms with Crippen LogP contribution in [0.5, 0.6) is 0 Å². The molecule has 0 unspecified atom stereocenters. The molecular weight excluding hydrogens is 268 g/mol. The van der Waals surface area contributed by atoms with Gasteiger partial charge in [-0.2, -0.15) is 5.10 Å². The average molecular weight is 288 g/mol. The maximum absolute atomic E-state index is 11.6. The van der Waals surface area contributed by atoms with Crippen LogP contribution >= 0.6 is 0 Å². The van der Waals surface area contributed by atoms with Gasteiger partial charge in [0.15, 0.2) is 5.82 Å². The number of nitrogens with zero attached hydrogens (tertiary/aromatic N) is 3. The summed E-state index contributed by atoms with van der Waals surface area (Å²) in [7, 11) is 0. The van der Waals surface area contributed by atoms with Gasteiger partial charge >= 0.3 is 5.97 Å². The summed E-state index contributed by atoms with van der Waals surface area (Å²) in [4.78, 5) is 15.9. The highest BCUT2D eigenvalue weighted by Crippen LogP contribution is 2.21. The van der Waals surface area contributed by atoms with Gasteiger partial charge in [0.25, 0.3) is 0 Å². The van der Waals surface area contributed by atoms with E-state index in [1.165, 1.54) is 6.20 Å². The van der Waals surface area contributed by atoms with E-state index in [0.29, 0.717) is 18.0 Å². The van der Waals surface area contributed by atoms with Gasteiger partial charge in [0.2, 0.25) is 0 Å². The molecule has 0 aliphatic rings. The Hall–Kier alpha value is -2.37. The number of hydrogen-bond acceptors (Lipinski definition) is 5. The summed E-state index contributed by atoms with van der Waals surface area (Å²) in [6.45, 7) is 6.15. The molecule has 0 aliphatic heterocycles. The van der Waals surface area contributed by atoms with E-state index in [-0.39, 0.29) is 5.97 Å². The highest BCUT2D eigenvalue weighted by Gasteiger charge is 2.15. The molecule has 6 nitrogen and oxygen atoms in total. The monoisotopic (exact) mass is 288 g/mol. The third-order valence-electron chi connectivity index (χ3n) is 3.24. The van der Waals surface area contributed by atoms with Crippen LogP contribution in [-0.2, 0) is 17.6 Å². The van der Waals surface area contributed by atoms with E-state index in [4.69, 9.17) is 10.5 Å².